The number of hydrogen-bond acceptors (Lipinski definition) is 14. The van der Waals surface area contributed by atoms with Crippen LogP contribution in [0.4, 0.5) is 0 Å². The van der Waals surface area contributed by atoms with Gasteiger partial charge >= 0.3 is 0 Å². The molecule has 0 aromatic carbocycles. The smallest absolute Gasteiger partial charge is 0.187 e. The van der Waals surface area contributed by atoms with E-state index in [-0.39, 0.29) is 47.7 Å². The minimum Gasteiger partial charge on any atom is -0.393 e. The lowest BCUT2D eigenvalue weighted by molar-refractivity contribution is -0.226. The molecule has 2 aliphatic heterocycles. The van der Waals surface area contributed by atoms with Gasteiger partial charge in [0.1, 0.15) is 54.9 Å². The quantitative estimate of drug-likeness (QED) is 0.110. The van der Waals surface area contributed by atoms with Crippen molar-refractivity contribution in [2.24, 2.45) is 40.4 Å². The molecule has 2 saturated heterocycles. The number of rotatable bonds is 15. The first-order valence-corrected chi connectivity index (χ1v) is 20.8. The number of hydrogen-bond donors (Lipinski definition) is 8. The van der Waals surface area contributed by atoms with E-state index in [1.807, 2.05) is 0 Å². The lowest BCUT2D eigenvalue weighted by atomic mass is 9.47. The van der Waals surface area contributed by atoms with Crippen molar-refractivity contribution in [1.82, 2.24) is 0 Å². The van der Waals surface area contributed by atoms with E-state index in [0.717, 1.165) is 49.7 Å². The summed E-state index contributed by atoms with van der Waals surface area (Å²) in [6.45, 7) is 10.9. The zero-order valence-electron chi connectivity index (χ0n) is 33.8. The van der Waals surface area contributed by atoms with Gasteiger partial charge in [-0.25, -0.2) is 0 Å². The van der Waals surface area contributed by atoms with E-state index in [1.165, 1.54) is 14.2 Å². The van der Waals surface area contributed by atoms with Gasteiger partial charge in [0, 0.05) is 14.2 Å². The van der Waals surface area contributed by atoms with E-state index in [2.05, 4.69) is 34.6 Å². The van der Waals surface area contributed by atoms with Crippen molar-refractivity contribution in [3.8, 4) is 0 Å². The number of methoxy groups -OCH3 is 2. The van der Waals surface area contributed by atoms with Gasteiger partial charge in [-0.15, -0.1) is 0 Å². The Morgan fingerprint density at radius 2 is 1.40 bits per heavy atom. The summed E-state index contributed by atoms with van der Waals surface area (Å²) in [5.41, 5.74) is 1.40. The van der Waals surface area contributed by atoms with Gasteiger partial charge < -0.3 is 69.3 Å². The van der Waals surface area contributed by atoms with Crippen LogP contribution < -0.4 is 0 Å². The normalized spacial score (nSPS) is 47.5. The lowest BCUT2D eigenvalue weighted by Gasteiger charge is -2.59. The molecule has 6 rings (SSSR count). The molecule has 318 valence electrons. The van der Waals surface area contributed by atoms with Crippen molar-refractivity contribution < 1.29 is 69.3 Å². The van der Waals surface area contributed by atoms with Gasteiger partial charge in [0.05, 0.1) is 31.5 Å². The minimum atomic E-state index is -1.58. The van der Waals surface area contributed by atoms with Gasteiger partial charge in [-0.3, -0.25) is 0 Å². The molecule has 14 heteroatoms. The summed E-state index contributed by atoms with van der Waals surface area (Å²) < 4.78 is 35.2. The summed E-state index contributed by atoms with van der Waals surface area (Å²) in [6, 6.07) is 0. The maximum Gasteiger partial charge on any atom is 0.187 e. The molecule has 5 fully saturated rings. The zero-order valence-corrected chi connectivity index (χ0v) is 33.8. The molecule has 8 N–H and O–H groups in total. The number of aliphatic hydroxyl groups excluding tert-OH is 8. The third kappa shape index (κ3) is 8.09. The van der Waals surface area contributed by atoms with Crippen LogP contribution in [0.2, 0.25) is 0 Å². The molecule has 0 spiro atoms. The highest BCUT2D eigenvalue weighted by molar-refractivity contribution is 5.39. The molecule has 2 heterocycles. The van der Waals surface area contributed by atoms with Gasteiger partial charge in [0.2, 0.25) is 0 Å². The van der Waals surface area contributed by atoms with Crippen LogP contribution in [0.25, 0.3) is 0 Å². The standard InChI is InChI=1S/C41H70O14/c1-19(2)9-8-10-20(3)29-27(16-23-28-22(12-14-41(23,29)5)40(4)13-11-21(42)15-24(40)30(45)31(28)46)52-39-34(49)37(36(54-39)26(44)18-51-7)55-38-33(48)32(47)35(53-38)25(43)17-50-6/h19-22,24-27,29-39,42-49H,8-18H2,1-7H3/t20-,21+,22+,24-,25-,26-,27-,29+,30+,31-,32-,33-,34-,35+,36+,37-,38+,39-,40-,41+/m1/s1. The summed E-state index contributed by atoms with van der Waals surface area (Å²) in [5, 5.41) is 89.2. The maximum atomic E-state index is 11.9. The molecule has 0 radical (unpaired) electrons. The molecule has 3 saturated carbocycles. The Kier molecular flexibility index (Phi) is 13.9. The highest BCUT2D eigenvalue weighted by Gasteiger charge is 2.63. The van der Waals surface area contributed by atoms with Crippen LogP contribution in [-0.4, -0.2) is 154 Å². The molecule has 0 unspecified atom stereocenters. The van der Waals surface area contributed by atoms with Gasteiger partial charge in [-0.2, -0.15) is 0 Å². The third-order valence-electron chi connectivity index (χ3n) is 14.7. The van der Waals surface area contributed by atoms with Crippen LogP contribution in [0.5, 0.6) is 0 Å². The van der Waals surface area contributed by atoms with E-state index in [4.69, 9.17) is 28.4 Å². The van der Waals surface area contributed by atoms with E-state index in [0.29, 0.717) is 25.2 Å². The van der Waals surface area contributed by atoms with E-state index in [9.17, 15) is 40.9 Å². The first-order chi connectivity index (χ1) is 26.0. The Labute approximate surface area is 326 Å². The van der Waals surface area contributed by atoms with Crippen LogP contribution >= 0.6 is 0 Å². The molecule has 0 aromatic rings. The number of ether oxygens (including phenoxy) is 6. The topological polar surface area (TPSA) is 217 Å². The molecule has 14 nitrogen and oxygen atoms in total. The highest BCUT2D eigenvalue weighted by Crippen LogP contribution is 2.66. The van der Waals surface area contributed by atoms with Crippen molar-refractivity contribution in [1.29, 1.82) is 0 Å². The largest absolute Gasteiger partial charge is 0.393 e. The Balaban J connectivity index is 1.30. The Morgan fingerprint density at radius 3 is 2.05 bits per heavy atom. The lowest BCUT2D eigenvalue weighted by Crippen LogP contribution is -2.58. The fourth-order valence-corrected chi connectivity index (χ4v) is 11.9. The molecule has 0 bridgehead atoms. The van der Waals surface area contributed by atoms with Crippen LogP contribution in [0.3, 0.4) is 0 Å². The molecule has 0 aromatic heterocycles. The predicted molar refractivity (Wildman–Crippen MR) is 198 cm³/mol. The second kappa shape index (κ2) is 17.4. The zero-order chi connectivity index (χ0) is 40.1. The van der Waals surface area contributed by atoms with Crippen LogP contribution in [0.15, 0.2) is 11.1 Å². The average Bonchev–Trinajstić information content (AvgIpc) is 3.71. The SMILES string of the molecule is COC[C@@H](O)[C@@H]1O[C@@H](O[C@@H]2[C@@H](O)[C@H](O[C@@H]3CC4=C5[C@@H](O)[C@@H](O)[C@H]6C[C@@H](O)CC[C@]6(C)[C@H]5CC[C@]4(C)[C@H]3[C@H](C)CCCC(C)C)O[C@H]2[C@H](O)COC)[C@H](O)[C@H]1O. The molecular weight excluding hydrogens is 716 g/mol. The summed E-state index contributed by atoms with van der Waals surface area (Å²) in [4.78, 5) is 0. The monoisotopic (exact) mass is 786 g/mol. The molecular formula is C41H70O14. The first kappa shape index (κ1) is 43.8. The summed E-state index contributed by atoms with van der Waals surface area (Å²) >= 11 is 0. The minimum absolute atomic E-state index is 0.0255. The number of fused-ring (bicyclic) bond motifs is 4. The fourth-order valence-electron chi connectivity index (χ4n) is 11.9. The predicted octanol–water partition coefficient (Wildman–Crippen LogP) is 1.40. The molecule has 0 amide bonds. The first-order valence-electron chi connectivity index (χ1n) is 20.8. The Morgan fingerprint density at radius 1 is 0.764 bits per heavy atom. The van der Waals surface area contributed by atoms with Crippen molar-refractivity contribution in [2.45, 2.75) is 178 Å². The van der Waals surface area contributed by atoms with Gasteiger partial charge in [-0.05, 0) is 84.5 Å². The van der Waals surface area contributed by atoms with E-state index in [1.54, 1.807) is 0 Å². The van der Waals surface area contributed by atoms with Crippen molar-refractivity contribution in [3.63, 3.8) is 0 Å². The third-order valence-corrected chi connectivity index (χ3v) is 14.7. The molecule has 6 aliphatic rings. The van der Waals surface area contributed by atoms with E-state index >= 15 is 0 Å². The van der Waals surface area contributed by atoms with Crippen molar-refractivity contribution in [3.05, 3.63) is 11.1 Å². The molecule has 55 heavy (non-hydrogen) atoms. The van der Waals surface area contributed by atoms with Crippen molar-refractivity contribution >= 4 is 0 Å². The molecule has 4 aliphatic carbocycles. The van der Waals surface area contributed by atoms with E-state index < -0.39 is 85.8 Å². The van der Waals surface area contributed by atoms with Crippen LogP contribution in [0.1, 0.15) is 92.4 Å². The summed E-state index contributed by atoms with van der Waals surface area (Å²) in [5.74, 6) is 0.579. The van der Waals surface area contributed by atoms with Crippen LogP contribution in [-0.2, 0) is 28.4 Å². The maximum absolute atomic E-state index is 11.9. The second-order valence-electron chi connectivity index (χ2n) is 18.7. The van der Waals surface area contributed by atoms with Gasteiger partial charge in [0.25, 0.3) is 0 Å². The highest BCUT2D eigenvalue weighted by atomic mass is 16.8. The number of aliphatic hydroxyl groups is 8. The average molecular weight is 787 g/mol. The molecule has 20 atom stereocenters. The Bertz CT molecular complexity index is 1320. The fraction of sp³-hybridized carbons (Fsp3) is 0.951. The van der Waals surface area contributed by atoms with Gasteiger partial charge in [0.15, 0.2) is 12.6 Å². The summed E-state index contributed by atoms with van der Waals surface area (Å²) in [6.07, 6.45) is -9.29. The van der Waals surface area contributed by atoms with Crippen LogP contribution in [0, 0.1) is 40.4 Å². The second-order valence-corrected chi connectivity index (χ2v) is 18.7. The van der Waals surface area contributed by atoms with Gasteiger partial charge in [-0.1, -0.05) is 59.5 Å². The Hall–Kier alpha value is -0.820. The summed E-state index contributed by atoms with van der Waals surface area (Å²) in [7, 11) is 2.80. The van der Waals surface area contributed by atoms with Crippen molar-refractivity contribution in [2.75, 3.05) is 27.4 Å².